The molecular weight excluding hydrogens is 388 g/mol. The zero-order valence-corrected chi connectivity index (χ0v) is 17.3. The van der Waals surface area contributed by atoms with Crippen molar-refractivity contribution in [3.05, 3.63) is 27.7 Å². The number of carbonyl (C=O) groups is 1. The van der Waals surface area contributed by atoms with Crippen LogP contribution in [0.15, 0.2) is 11.0 Å². The van der Waals surface area contributed by atoms with E-state index in [0.29, 0.717) is 61.3 Å². The number of ketones is 1. The van der Waals surface area contributed by atoms with E-state index in [1.54, 1.807) is 17.7 Å². The minimum absolute atomic E-state index is 0.140. The molecule has 9 nitrogen and oxygen atoms in total. The van der Waals surface area contributed by atoms with Crippen LogP contribution in [0.5, 0.6) is 0 Å². The third kappa shape index (κ3) is 3.84. The summed E-state index contributed by atoms with van der Waals surface area (Å²) in [5.74, 6) is 0.0453. The number of hydrogen-bond acceptors (Lipinski definition) is 8. The number of ether oxygens (including phenoxy) is 1. The molecule has 30 heavy (non-hydrogen) atoms. The lowest BCUT2D eigenvalue weighted by Crippen LogP contribution is -2.42. The zero-order chi connectivity index (χ0) is 21.4. The summed E-state index contributed by atoms with van der Waals surface area (Å²) in [6.07, 6.45) is 3.72. The van der Waals surface area contributed by atoms with Crippen LogP contribution in [0.25, 0.3) is 11.0 Å². The summed E-state index contributed by atoms with van der Waals surface area (Å²) in [5.41, 5.74) is 0.873. The van der Waals surface area contributed by atoms with Gasteiger partial charge in [-0.2, -0.15) is 4.98 Å². The van der Waals surface area contributed by atoms with Crippen molar-refractivity contribution in [1.29, 1.82) is 0 Å². The fourth-order valence-corrected chi connectivity index (χ4v) is 4.53. The van der Waals surface area contributed by atoms with Crippen molar-refractivity contribution >= 4 is 22.8 Å². The van der Waals surface area contributed by atoms with Crippen LogP contribution < -0.4 is 10.9 Å². The van der Waals surface area contributed by atoms with Gasteiger partial charge in [0.15, 0.2) is 5.78 Å². The van der Waals surface area contributed by atoms with Gasteiger partial charge in [-0.1, -0.05) is 0 Å². The van der Waals surface area contributed by atoms with Crippen LogP contribution in [-0.4, -0.2) is 62.0 Å². The molecule has 162 valence electrons. The third-order valence-corrected chi connectivity index (χ3v) is 6.23. The van der Waals surface area contributed by atoms with Crippen molar-refractivity contribution in [2.24, 2.45) is 0 Å². The maximum atomic E-state index is 13.3. The number of rotatable bonds is 4. The number of carbonyl (C=O) groups excluding carboxylic acids is 1. The molecule has 0 radical (unpaired) electrons. The Morgan fingerprint density at radius 2 is 1.97 bits per heavy atom. The quantitative estimate of drug-likeness (QED) is 0.638. The van der Waals surface area contributed by atoms with Crippen LogP contribution in [0.3, 0.4) is 0 Å². The Morgan fingerprint density at radius 3 is 2.63 bits per heavy atom. The minimum Gasteiger partial charge on any atom is -0.393 e. The topological polar surface area (TPSA) is 127 Å². The average Bonchev–Trinajstić information content (AvgIpc) is 2.71. The highest BCUT2D eigenvalue weighted by molar-refractivity contribution is 5.99. The summed E-state index contributed by atoms with van der Waals surface area (Å²) in [7, 11) is 0. The highest BCUT2D eigenvalue weighted by Gasteiger charge is 2.28. The van der Waals surface area contributed by atoms with E-state index in [1.807, 2.05) is 0 Å². The number of anilines is 1. The van der Waals surface area contributed by atoms with Crippen LogP contribution in [0, 0.1) is 6.92 Å². The number of aliphatic hydroxyl groups excluding tert-OH is 2. The van der Waals surface area contributed by atoms with Gasteiger partial charge in [0.05, 0.1) is 30.4 Å². The average molecular weight is 416 g/mol. The number of aryl methyl sites for hydroxylation is 1. The fourth-order valence-electron chi connectivity index (χ4n) is 4.53. The number of nitrogens with one attached hydrogen (secondary N) is 1. The van der Waals surface area contributed by atoms with Gasteiger partial charge in [-0.25, -0.2) is 4.98 Å². The molecule has 2 atom stereocenters. The van der Waals surface area contributed by atoms with Crippen molar-refractivity contribution in [1.82, 2.24) is 14.5 Å². The molecule has 0 amide bonds. The molecule has 0 unspecified atom stereocenters. The van der Waals surface area contributed by atoms with Gasteiger partial charge in [0.1, 0.15) is 5.65 Å². The molecule has 2 aliphatic rings. The SMILES string of the molecule is CC(=O)c1c(C)c2cnc(N[C@@H]3CCOC[C@H]3O)nc2n([C@H]2CC[C@@H](O)CC2)c1=O. The van der Waals surface area contributed by atoms with E-state index in [-0.39, 0.29) is 41.7 Å². The highest BCUT2D eigenvalue weighted by atomic mass is 16.5. The van der Waals surface area contributed by atoms with E-state index >= 15 is 0 Å². The highest BCUT2D eigenvalue weighted by Crippen LogP contribution is 2.31. The molecule has 9 heteroatoms. The maximum Gasteiger partial charge on any atom is 0.263 e. The van der Waals surface area contributed by atoms with Gasteiger partial charge in [-0.15, -0.1) is 0 Å². The Hall–Kier alpha value is -2.36. The Balaban J connectivity index is 1.82. The van der Waals surface area contributed by atoms with Crippen LogP contribution in [0.4, 0.5) is 5.95 Å². The molecule has 1 aliphatic carbocycles. The van der Waals surface area contributed by atoms with Crippen molar-refractivity contribution in [3.63, 3.8) is 0 Å². The normalized spacial score (nSPS) is 27.2. The number of hydrogen-bond donors (Lipinski definition) is 3. The molecule has 0 spiro atoms. The summed E-state index contributed by atoms with van der Waals surface area (Å²) in [4.78, 5) is 34.6. The summed E-state index contributed by atoms with van der Waals surface area (Å²) >= 11 is 0. The predicted octanol–water partition coefficient (Wildman–Crippen LogP) is 1.34. The molecule has 0 bridgehead atoms. The van der Waals surface area contributed by atoms with Gasteiger partial charge in [0.25, 0.3) is 5.56 Å². The third-order valence-electron chi connectivity index (χ3n) is 6.23. The van der Waals surface area contributed by atoms with Crippen molar-refractivity contribution in [2.45, 2.75) is 70.2 Å². The summed E-state index contributed by atoms with van der Waals surface area (Å²) in [6, 6.07) is -0.377. The van der Waals surface area contributed by atoms with Gasteiger partial charge >= 0.3 is 0 Å². The lowest BCUT2D eigenvalue weighted by Gasteiger charge is -2.30. The lowest BCUT2D eigenvalue weighted by atomic mass is 9.92. The second-order valence-electron chi connectivity index (χ2n) is 8.31. The van der Waals surface area contributed by atoms with Crippen molar-refractivity contribution < 1.29 is 19.7 Å². The molecule has 3 N–H and O–H groups in total. The van der Waals surface area contributed by atoms with E-state index in [1.165, 1.54) is 6.92 Å². The number of aliphatic hydroxyl groups is 2. The van der Waals surface area contributed by atoms with Gasteiger partial charge < -0.3 is 20.3 Å². The van der Waals surface area contributed by atoms with E-state index < -0.39 is 6.10 Å². The first kappa shape index (κ1) is 20.9. The van der Waals surface area contributed by atoms with E-state index in [2.05, 4.69) is 15.3 Å². The standard InChI is InChI=1S/C21H28N4O5/c1-11-15-9-22-21(23-16-7-8-30-10-17(16)28)24-19(15)25(20(29)18(11)12(2)26)13-3-5-14(27)6-4-13/h9,13-14,16-17,27-28H,3-8,10H2,1-2H3,(H,22,23,24)/t13-,14+,16-,17-/m1/s1. The van der Waals surface area contributed by atoms with Crippen molar-refractivity contribution in [2.75, 3.05) is 18.5 Å². The number of pyridine rings is 1. The van der Waals surface area contributed by atoms with Crippen LogP contribution in [0.2, 0.25) is 0 Å². The first-order chi connectivity index (χ1) is 14.4. The summed E-state index contributed by atoms with van der Waals surface area (Å²) < 4.78 is 6.87. The smallest absolute Gasteiger partial charge is 0.263 e. The molecule has 2 aromatic heterocycles. The predicted molar refractivity (Wildman–Crippen MR) is 111 cm³/mol. The lowest BCUT2D eigenvalue weighted by molar-refractivity contribution is -0.0136. The fraction of sp³-hybridized carbons (Fsp3) is 0.619. The molecule has 1 aliphatic heterocycles. The van der Waals surface area contributed by atoms with Crippen LogP contribution in [-0.2, 0) is 4.74 Å². The second kappa shape index (κ2) is 8.41. The number of aromatic nitrogens is 3. The Kier molecular flexibility index (Phi) is 5.86. The number of fused-ring (bicyclic) bond motifs is 1. The molecule has 0 aromatic carbocycles. The Labute approximate surface area is 174 Å². The largest absolute Gasteiger partial charge is 0.393 e. The number of nitrogens with zero attached hydrogens (tertiary/aromatic N) is 3. The monoisotopic (exact) mass is 416 g/mol. The summed E-state index contributed by atoms with van der Waals surface area (Å²) in [5, 5.41) is 23.9. The van der Waals surface area contributed by atoms with Gasteiger partial charge in [-0.05, 0) is 51.5 Å². The maximum absolute atomic E-state index is 13.3. The van der Waals surface area contributed by atoms with E-state index in [4.69, 9.17) is 4.74 Å². The van der Waals surface area contributed by atoms with E-state index in [0.717, 1.165) is 0 Å². The molecule has 2 fully saturated rings. The zero-order valence-electron chi connectivity index (χ0n) is 17.3. The van der Waals surface area contributed by atoms with Crippen molar-refractivity contribution in [3.8, 4) is 0 Å². The minimum atomic E-state index is -0.665. The van der Waals surface area contributed by atoms with Gasteiger partial charge in [-0.3, -0.25) is 14.2 Å². The first-order valence-corrected chi connectivity index (χ1v) is 10.5. The number of Topliss-reactive ketones (excluding diaryl/α,β-unsaturated/α-hetero) is 1. The van der Waals surface area contributed by atoms with Crippen LogP contribution in [0.1, 0.15) is 61.0 Å². The van der Waals surface area contributed by atoms with E-state index in [9.17, 15) is 19.8 Å². The Bertz CT molecular complexity index is 1010. The molecule has 1 saturated carbocycles. The van der Waals surface area contributed by atoms with Crippen LogP contribution >= 0.6 is 0 Å². The summed E-state index contributed by atoms with van der Waals surface area (Å²) in [6.45, 7) is 3.93. The molecule has 3 heterocycles. The molecule has 2 aromatic rings. The molecule has 4 rings (SSSR count). The van der Waals surface area contributed by atoms with Gasteiger partial charge in [0, 0.05) is 24.2 Å². The molecule has 1 saturated heterocycles. The van der Waals surface area contributed by atoms with Gasteiger partial charge in [0.2, 0.25) is 5.95 Å². The first-order valence-electron chi connectivity index (χ1n) is 10.5. The molecular formula is C21H28N4O5. The second-order valence-corrected chi connectivity index (χ2v) is 8.31. The Morgan fingerprint density at radius 1 is 1.23 bits per heavy atom.